The molecular weight excluding hydrogens is 372 g/mol. The zero-order chi connectivity index (χ0) is 19.7. The summed E-state index contributed by atoms with van der Waals surface area (Å²) in [6, 6.07) is 6.27. The number of likely N-dealkylation sites (tertiary alicyclic amines) is 1. The average molecular weight is 396 g/mol. The minimum Gasteiger partial charge on any atom is -0.465 e. The Labute approximate surface area is 158 Å². The number of carbonyl (C=O) groups excluding carboxylic acids is 1. The van der Waals surface area contributed by atoms with E-state index in [2.05, 4.69) is 5.32 Å². The lowest BCUT2D eigenvalue weighted by Gasteiger charge is -2.36. The molecular formula is C18H24N2O6S. The number of piperidine rings is 1. The summed E-state index contributed by atoms with van der Waals surface area (Å²) in [5.74, 6) is -0.0704. The monoisotopic (exact) mass is 396 g/mol. The number of rotatable bonds is 5. The first-order valence-electron chi connectivity index (χ1n) is 8.97. The lowest BCUT2D eigenvalue weighted by Crippen LogP contribution is -2.45. The molecule has 2 aliphatic rings. The fourth-order valence-electron chi connectivity index (χ4n) is 3.76. The molecule has 9 heteroatoms. The van der Waals surface area contributed by atoms with Crippen LogP contribution in [0.3, 0.4) is 0 Å². The Hall–Kier alpha value is -2.13. The lowest BCUT2D eigenvalue weighted by atomic mass is 9.76. The number of hydrogen-bond donors (Lipinski definition) is 2. The van der Waals surface area contributed by atoms with Crippen molar-refractivity contribution < 1.29 is 27.3 Å². The van der Waals surface area contributed by atoms with Crippen LogP contribution in [0.4, 0.5) is 4.79 Å². The summed E-state index contributed by atoms with van der Waals surface area (Å²) in [5.41, 5.74) is 0.411. The van der Waals surface area contributed by atoms with Gasteiger partial charge in [-0.1, -0.05) is 17.7 Å². The first kappa shape index (κ1) is 19.6. The highest BCUT2D eigenvalue weighted by atomic mass is 32.2. The molecule has 0 radical (unpaired) electrons. The topological polar surface area (TPSA) is 113 Å². The fourth-order valence-corrected chi connectivity index (χ4v) is 4.68. The molecule has 8 nitrogen and oxygen atoms in total. The summed E-state index contributed by atoms with van der Waals surface area (Å²) in [6.45, 7) is 2.54. The molecule has 0 bridgehead atoms. The van der Waals surface area contributed by atoms with Crippen molar-refractivity contribution in [3.05, 3.63) is 29.8 Å². The third-order valence-electron chi connectivity index (χ3n) is 5.46. The normalized spacial score (nSPS) is 22.0. The van der Waals surface area contributed by atoms with Gasteiger partial charge in [0.15, 0.2) is 0 Å². The van der Waals surface area contributed by atoms with Crippen LogP contribution < -0.4 is 5.32 Å². The van der Waals surface area contributed by atoms with E-state index < -0.39 is 21.6 Å². The fraction of sp³-hybridized carbons (Fsp3) is 0.556. The molecule has 0 aliphatic carbocycles. The number of nitrogens with one attached hydrogen (secondary N) is 1. The van der Waals surface area contributed by atoms with E-state index in [1.54, 1.807) is 12.1 Å². The molecule has 2 heterocycles. The maximum absolute atomic E-state index is 12.4. The summed E-state index contributed by atoms with van der Waals surface area (Å²) in [7, 11) is -3.82. The molecule has 2 saturated heterocycles. The van der Waals surface area contributed by atoms with Gasteiger partial charge in [0, 0.05) is 19.1 Å². The SMILES string of the molecule is Cc1ccc(S(=O)(=O)OCCC2CC3(CCN(C(=O)O)CC3)C(=O)N2)cc1. The van der Waals surface area contributed by atoms with Crippen molar-refractivity contribution in [2.45, 2.75) is 43.5 Å². The number of carboxylic acid groups (broad SMARTS) is 1. The molecule has 2 fully saturated rings. The number of nitrogens with zero attached hydrogens (tertiary/aromatic N) is 1. The lowest BCUT2D eigenvalue weighted by molar-refractivity contribution is -0.129. The van der Waals surface area contributed by atoms with E-state index in [4.69, 9.17) is 9.29 Å². The van der Waals surface area contributed by atoms with Crippen LogP contribution in [0.25, 0.3) is 0 Å². The van der Waals surface area contributed by atoms with E-state index in [-0.39, 0.29) is 23.5 Å². The number of hydrogen-bond acceptors (Lipinski definition) is 5. The van der Waals surface area contributed by atoms with Crippen LogP contribution in [0.5, 0.6) is 0 Å². The van der Waals surface area contributed by atoms with Crippen molar-refractivity contribution in [1.29, 1.82) is 0 Å². The first-order chi connectivity index (χ1) is 12.7. The molecule has 1 atom stereocenters. The van der Waals surface area contributed by atoms with Gasteiger partial charge >= 0.3 is 6.09 Å². The Balaban J connectivity index is 1.52. The van der Waals surface area contributed by atoms with Crippen LogP contribution in [0.1, 0.15) is 31.2 Å². The third kappa shape index (κ3) is 4.24. The van der Waals surface area contributed by atoms with Gasteiger partial charge in [-0.2, -0.15) is 8.42 Å². The van der Waals surface area contributed by atoms with Crippen LogP contribution in [-0.4, -0.2) is 56.2 Å². The van der Waals surface area contributed by atoms with Crippen LogP contribution in [0.15, 0.2) is 29.2 Å². The van der Waals surface area contributed by atoms with Crippen molar-refractivity contribution >= 4 is 22.1 Å². The molecule has 148 valence electrons. The quantitative estimate of drug-likeness (QED) is 0.733. The van der Waals surface area contributed by atoms with Gasteiger partial charge in [-0.05, 0) is 44.7 Å². The number of carbonyl (C=O) groups is 2. The predicted molar refractivity (Wildman–Crippen MR) is 96.7 cm³/mol. The molecule has 2 N–H and O–H groups in total. The second kappa shape index (κ2) is 7.47. The van der Waals surface area contributed by atoms with Crippen molar-refractivity contribution in [3.63, 3.8) is 0 Å². The van der Waals surface area contributed by atoms with Crippen LogP contribution in [0.2, 0.25) is 0 Å². The summed E-state index contributed by atoms with van der Waals surface area (Å²) < 4.78 is 29.5. The predicted octanol–water partition coefficient (Wildman–Crippen LogP) is 1.74. The standard InChI is InChI=1S/C18H24N2O6S/c1-13-2-4-15(5-3-13)27(24,25)26-11-6-14-12-18(16(21)19-14)7-9-20(10-8-18)17(22)23/h2-5,14H,6-12H2,1H3,(H,19,21)(H,22,23). The Morgan fingerprint density at radius 1 is 1.30 bits per heavy atom. The minimum absolute atomic E-state index is 0.0154. The van der Waals surface area contributed by atoms with Crippen molar-refractivity contribution in [2.24, 2.45) is 5.41 Å². The van der Waals surface area contributed by atoms with E-state index in [0.29, 0.717) is 38.8 Å². The van der Waals surface area contributed by atoms with Gasteiger partial charge in [0.25, 0.3) is 10.1 Å². The summed E-state index contributed by atoms with van der Waals surface area (Å²) in [6.07, 6.45) is 0.984. The smallest absolute Gasteiger partial charge is 0.407 e. The molecule has 1 unspecified atom stereocenters. The van der Waals surface area contributed by atoms with Crippen LogP contribution in [-0.2, 0) is 19.1 Å². The molecule has 3 rings (SSSR count). The molecule has 1 spiro atoms. The highest BCUT2D eigenvalue weighted by molar-refractivity contribution is 7.86. The van der Waals surface area contributed by atoms with Gasteiger partial charge in [0.2, 0.25) is 5.91 Å². The van der Waals surface area contributed by atoms with E-state index in [0.717, 1.165) is 5.56 Å². The Morgan fingerprint density at radius 2 is 1.93 bits per heavy atom. The van der Waals surface area contributed by atoms with Gasteiger partial charge < -0.3 is 15.3 Å². The third-order valence-corrected chi connectivity index (χ3v) is 6.79. The van der Waals surface area contributed by atoms with Crippen molar-refractivity contribution in [3.8, 4) is 0 Å². The van der Waals surface area contributed by atoms with Gasteiger partial charge in [0.05, 0.1) is 16.9 Å². The molecule has 1 aromatic rings. The second-order valence-electron chi connectivity index (χ2n) is 7.30. The van der Waals surface area contributed by atoms with Gasteiger partial charge in [-0.25, -0.2) is 4.79 Å². The zero-order valence-electron chi connectivity index (χ0n) is 15.2. The summed E-state index contributed by atoms with van der Waals surface area (Å²) in [4.78, 5) is 24.9. The molecule has 1 aromatic carbocycles. The molecule has 27 heavy (non-hydrogen) atoms. The number of amides is 2. The minimum atomic E-state index is -3.82. The first-order valence-corrected chi connectivity index (χ1v) is 10.4. The second-order valence-corrected chi connectivity index (χ2v) is 8.92. The average Bonchev–Trinajstić information content (AvgIpc) is 2.91. The Morgan fingerprint density at radius 3 is 2.52 bits per heavy atom. The highest BCUT2D eigenvalue weighted by Crippen LogP contribution is 2.41. The van der Waals surface area contributed by atoms with Gasteiger partial charge in [-0.3, -0.25) is 8.98 Å². The van der Waals surface area contributed by atoms with Crippen LogP contribution >= 0.6 is 0 Å². The summed E-state index contributed by atoms with van der Waals surface area (Å²) in [5, 5.41) is 12.0. The van der Waals surface area contributed by atoms with E-state index in [9.17, 15) is 18.0 Å². The van der Waals surface area contributed by atoms with Crippen LogP contribution in [0, 0.1) is 12.3 Å². The Bertz CT molecular complexity index is 813. The highest BCUT2D eigenvalue weighted by Gasteiger charge is 2.48. The number of benzene rings is 1. The van der Waals surface area contributed by atoms with E-state index in [1.165, 1.54) is 17.0 Å². The maximum Gasteiger partial charge on any atom is 0.407 e. The van der Waals surface area contributed by atoms with Gasteiger partial charge in [-0.15, -0.1) is 0 Å². The molecule has 2 aliphatic heterocycles. The molecule has 0 saturated carbocycles. The maximum atomic E-state index is 12.4. The number of aryl methyl sites for hydroxylation is 1. The van der Waals surface area contributed by atoms with E-state index >= 15 is 0 Å². The summed E-state index contributed by atoms with van der Waals surface area (Å²) >= 11 is 0. The van der Waals surface area contributed by atoms with E-state index in [1.807, 2.05) is 6.92 Å². The Kier molecular flexibility index (Phi) is 5.43. The zero-order valence-corrected chi connectivity index (χ0v) is 16.0. The largest absolute Gasteiger partial charge is 0.465 e. The van der Waals surface area contributed by atoms with Crippen molar-refractivity contribution in [2.75, 3.05) is 19.7 Å². The molecule has 2 amide bonds. The van der Waals surface area contributed by atoms with Crippen molar-refractivity contribution in [1.82, 2.24) is 10.2 Å². The van der Waals surface area contributed by atoms with Gasteiger partial charge in [0.1, 0.15) is 0 Å². The molecule has 0 aromatic heterocycles.